The van der Waals surface area contributed by atoms with Crippen LogP contribution in [0.25, 0.3) is 0 Å². The standard InChI is InChI=1S/C16H15NO4/c18-13-9-5-4-8-12(13)10-17-14(16(20)21)15(19)11-6-2-1-3-7-11/h1-10,14-15,18-19H,(H,20,21)/p-1. The molecule has 0 aliphatic rings. The number of aliphatic imine (C=N–C) groups is 1. The van der Waals surface area contributed by atoms with Crippen LogP contribution in [0.4, 0.5) is 0 Å². The zero-order valence-electron chi connectivity index (χ0n) is 11.1. The molecule has 0 heterocycles. The summed E-state index contributed by atoms with van der Waals surface area (Å²) < 4.78 is 0. The summed E-state index contributed by atoms with van der Waals surface area (Å²) in [6.07, 6.45) is -0.111. The fraction of sp³-hybridized carbons (Fsp3) is 0.125. The highest BCUT2D eigenvalue weighted by molar-refractivity contribution is 5.85. The van der Waals surface area contributed by atoms with Gasteiger partial charge in [0, 0.05) is 11.8 Å². The van der Waals surface area contributed by atoms with Crippen LogP contribution in [0, 0.1) is 0 Å². The number of benzene rings is 2. The van der Waals surface area contributed by atoms with E-state index in [2.05, 4.69) is 4.99 Å². The van der Waals surface area contributed by atoms with Crippen molar-refractivity contribution in [1.82, 2.24) is 0 Å². The van der Waals surface area contributed by atoms with Gasteiger partial charge in [-0.15, -0.1) is 0 Å². The number of aromatic hydroxyl groups is 1. The van der Waals surface area contributed by atoms with Crippen LogP contribution < -0.4 is 5.11 Å². The summed E-state index contributed by atoms with van der Waals surface area (Å²) in [5.41, 5.74) is 0.796. The molecule has 2 rings (SSSR count). The van der Waals surface area contributed by atoms with Crippen molar-refractivity contribution in [3.63, 3.8) is 0 Å². The Morgan fingerprint density at radius 1 is 1.10 bits per heavy atom. The van der Waals surface area contributed by atoms with E-state index in [1.54, 1.807) is 48.5 Å². The largest absolute Gasteiger partial charge is 0.548 e. The van der Waals surface area contributed by atoms with E-state index in [1.165, 1.54) is 12.3 Å². The van der Waals surface area contributed by atoms with Gasteiger partial charge in [-0.3, -0.25) is 4.99 Å². The Kier molecular flexibility index (Phi) is 4.68. The predicted octanol–water partition coefficient (Wildman–Crippen LogP) is 0.663. The minimum absolute atomic E-state index is 0.0208. The molecule has 0 radical (unpaired) electrons. The van der Waals surface area contributed by atoms with Crippen molar-refractivity contribution in [3.8, 4) is 5.75 Å². The first kappa shape index (κ1) is 14.7. The van der Waals surface area contributed by atoms with E-state index < -0.39 is 18.1 Å². The Balaban J connectivity index is 2.24. The van der Waals surface area contributed by atoms with Gasteiger partial charge in [-0.1, -0.05) is 42.5 Å². The molecule has 0 saturated heterocycles. The molecule has 0 spiro atoms. The Hall–Kier alpha value is -2.66. The van der Waals surface area contributed by atoms with Gasteiger partial charge in [0.05, 0.1) is 5.97 Å². The summed E-state index contributed by atoms with van der Waals surface area (Å²) in [5, 5.41) is 30.9. The molecule has 0 aliphatic carbocycles. The number of aliphatic hydroxyl groups excluding tert-OH is 1. The Morgan fingerprint density at radius 2 is 1.71 bits per heavy atom. The number of hydrogen-bond acceptors (Lipinski definition) is 5. The van der Waals surface area contributed by atoms with E-state index >= 15 is 0 Å². The first-order valence-corrected chi connectivity index (χ1v) is 6.34. The van der Waals surface area contributed by atoms with E-state index in [9.17, 15) is 20.1 Å². The first-order valence-electron chi connectivity index (χ1n) is 6.34. The maximum absolute atomic E-state index is 11.2. The molecule has 21 heavy (non-hydrogen) atoms. The molecule has 0 fully saturated rings. The van der Waals surface area contributed by atoms with E-state index in [1.807, 2.05) is 0 Å². The number of para-hydroxylation sites is 1. The number of carbonyl (C=O) groups excluding carboxylic acids is 1. The van der Waals surface area contributed by atoms with Gasteiger partial charge in [0.25, 0.3) is 0 Å². The van der Waals surface area contributed by atoms with E-state index in [0.717, 1.165) is 0 Å². The fourth-order valence-corrected chi connectivity index (χ4v) is 1.86. The zero-order chi connectivity index (χ0) is 15.2. The molecule has 5 heteroatoms. The van der Waals surface area contributed by atoms with Gasteiger partial charge < -0.3 is 20.1 Å². The van der Waals surface area contributed by atoms with Crippen LogP contribution in [0.2, 0.25) is 0 Å². The van der Waals surface area contributed by atoms with E-state index in [-0.39, 0.29) is 5.75 Å². The third-order valence-corrected chi connectivity index (χ3v) is 2.99. The third kappa shape index (κ3) is 3.67. The number of nitrogens with zero attached hydrogens (tertiary/aromatic N) is 1. The number of aliphatic carboxylic acids is 1. The second-order valence-corrected chi connectivity index (χ2v) is 4.46. The summed E-state index contributed by atoms with van der Waals surface area (Å²) in [6, 6.07) is 13.3. The number of hydrogen-bond donors (Lipinski definition) is 2. The molecule has 5 nitrogen and oxygen atoms in total. The van der Waals surface area contributed by atoms with Crippen LogP contribution in [0.3, 0.4) is 0 Å². The van der Waals surface area contributed by atoms with E-state index in [4.69, 9.17) is 0 Å². The number of aliphatic hydroxyl groups is 1. The Morgan fingerprint density at radius 3 is 2.33 bits per heavy atom. The lowest BCUT2D eigenvalue weighted by atomic mass is 10.0. The van der Waals surface area contributed by atoms with Crippen LogP contribution in [0.1, 0.15) is 17.2 Å². The molecule has 0 bridgehead atoms. The Labute approximate surface area is 121 Å². The molecule has 0 aromatic heterocycles. The van der Waals surface area contributed by atoms with Gasteiger partial charge in [-0.2, -0.15) is 0 Å². The number of rotatable bonds is 5. The van der Waals surface area contributed by atoms with Crippen molar-refractivity contribution < 1.29 is 20.1 Å². The minimum atomic E-state index is -1.49. The summed E-state index contributed by atoms with van der Waals surface area (Å²) in [6.45, 7) is 0. The summed E-state index contributed by atoms with van der Waals surface area (Å²) in [5.74, 6) is -1.51. The monoisotopic (exact) mass is 284 g/mol. The van der Waals surface area contributed by atoms with Crippen molar-refractivity contribution in [3.05, 3.63) is 65.7 Å². The van der Waals surface area contributed by atoms with Gasteiger partial charge in [0.1, 0.15) is 17.9 Å². The number of carboxylic acids is 1. The lowest BCUT2D eigenvalue weighted by Gasteiger charge is -2.20. The predicted molar refractivity (Wildman–Crippen MR) is 75.9 cm³/mol. The van der Waals surface area contributed by atoms with Gasteiger partial charge in [-0.25, -0.2) is 0 Å². The highest BCUT2D eigenvalue weighted by atomic mass is 16.4. The number of phenols is 1. The van der Waals surface area contributed by atoms with Crippen molar-refractivity contribution in [1.29, 1.82) is 0 Å². The van der Waals surface area contributed by atoms with Crippen LogP contribution >= 0.6 is 0 Å². The molecule has 2 N–H and O–H groups in total. The maximum atomic E-state index is 11.2. The average molecular weight is 284 g/mol. The molecule has 0 saturated carbocycles. The summed E-state index contributed by atoms with van der Waals surface area (Å²) in [7, 11) is 0. The third-order valence-electron chi connectivity index (χ3n) is 2.99. The van der Waals surface area contributed by atoms with Crippen LogP contribution in [-0.2, 0) is 4.79 Å². The molecule has 0 aliphatic heterocycles. The fourth-order valence-electron chi connectivity index (χ4n) is 1.86. The maximum Gasteiger partial charge on any atom is 0.124 e. The number of phenolic OH excluding ortho intramolecular Hbond substituents is 1. The van der Waals surface area contributed by atoms with Crippen molar-refractivity contribution in [2.45, 2.75) is 12.1 Å². The second kappa shape index (κ2) is 6.67. The Bertz CT molecular complexity index is 640. The van der Waals surface area contributed by atoms with Gasteiger partial charge >= 0.3 is 0 Å². The highest BCUT2D eigenvalue weighted by Crippen LogP contribution is 2.20. The molecule has 0 amide bonds. The molecule has 2 aromatic carbocycles. The molecule has 108 valence electrons. The lowest BCUT2D eigenvalue weighted by Crippen LogP contribution is -2.38. The lowest BCUT2D eigenvalue weighted by molar-refractivity contribution is -0.309. The van der Waals surface area contributed by atoms with E-state index in [0.29, 0.717) is 11.1 Å². The van der Waals surface area contributed by atoms with Crippen LogP contribution in [-0.4, -0.2) is 28.4 Å². The van der Waals surface area contributed by atoms with Crippen LogP contribution in [0.15, 0.2) is 59.6 Å². The van der Waals surface area contributed by atoms with Gasteiger partial charge in [0.15, 0.2) is 0 Å². The quantitative estimate of drug-likeness (QED) is 0.789. The number of carbonyl (C=O) groups is 1. The molecule has 2 atom stereocenters. The van der Waals surface area contributed by atoms with Gasteiger partial charge in [-0.05, 0) is 17.7 Å². The first-order chi connectivity index (χ1) is 10.1. The highest BCUT2D eigenvalue weighted by Gasteiger charge is 2.20. The summed E-state index contributed by atoms with van der Waals surface area (Å²) >= 11 is 0. The van der Waals surface area contributed by atoms with Crippen molar-refractivity contribution in [2.75, 3.05) is 0 Å². The molecular formula is C16H14NO4-. The van der Waals surface area contributed by atoms with Crippen molar-refractivity contribution >= 4 is 12.2 Å². The summed E-state index contributed by atoms with van der Waals surface area (Å²) in [4.78, 5) is 15.0. The number of carboxylic acid groups (broad SMARTS) is 1. The topological polar surface area (TPSA) is 93.0 Å². The molecule has 2 aromatic rings. The van der Waals surface area contributed by atoms with Crippen molar-refractivity contribution in [2.24, 2.45) is 4.99 Å². The zero-order valence-corrected chi connectivity index (χ0v) is 11.1. The van der Waals surface area contributed by atoms with Gasteiger partial charge in [0.2, 0.25) is 0 Å². The molecule has 2 unspecified atom stereocenters. The smallest absolute Gasteiger partial charge is 0.124 e. The molecular weight excluding hydrogens is 270 g/mol. The second-order valence-electron chi connectivity index (χ2n) is 4.46. The minimum Gasteiger partial charge on any atom is -0.548 e. The SMILES string of the molecule is O=C([O-])C(N=Cc1ccccc1O)C(O)c1ccccc1. The van der Waals surface area contributed by atoms with Crippen LogP contribution in [0.5, 0.6) is 5.75 Å². The average Bonchev–Trinajstić information content (AvgIpc) is 2.49. The normalized spacial score (nSPS) is 14.0.